The third-order valence-corrected chi connectivity index (χ3v) is 2.90. The van der Waals surface area contributed by atoms with E-state index in [1.54, 1.807) is 0 Å². The van der Waals surface area contributed by atoms with Crippen LogP contribution in [0, 0.1) is 0 Å². The molecule has 0 rings (SSSR count). The van der Waals surface area contributed by atoms with Crippen LogP contribution in [-0.4, -0.2) is 13.2 Å². The summed E-state index contributed by atoms with van der Waals surface area (Å²) in [4.78, 5) is 0. The molecule has 0 spiro atoms. The van der Waals surface area contributed by atoms with Crippen molar-refractivity contribution in [3.05, 3.63) is 0 Å². The molecule has 0 radical (unpaired) electrons. The topological polar surface area (TPSA) is 18.5 Å². The minimum absolute atomic E-state index is 0. The van der Waals surface area contributed by atoms with Crippen molar-refractivity contribution in [1.29, 1.82) is 0 Å². The van der Waals surface area contributed by atoms with Gasteiger partial charge in [0.2, 0.25) is 0 Å². The van der Waals surface area contributed by atoms with Gasteiger partial charge in [-0.1, -0.05) is 0 Å². The normalized spacial score (nSPS) is 8.46. The van der Waals surface area contributed by atoms with E-state index in [9.17, 15) is 0 Å². The molecule has 0 N–H and O–H groups in total. The first-order valence-corrected chi connectivity index (χ1v) is 6.41. The van der Waals surface area contributed by atoms with E-state index < -0.39 is 24.1 Å². The summed E-state index contributed by atoms with van der Waals surface area (Å²) in [6.45, 7) is 6.17. The summed E-state index contributed by atoms with van der Waals surface area (Å²) in [5, 5.41) is 0. The Hall–Kier alpha value is 1.76. The fourth-order valence-electron chi connectivity index (χ4n) is 0.558. The summed E-state index contributed by atoms with van der Waals surface area (Å²) in [6, 6.07) is 0. The number of hydrogen-bond donors (Lipinski definition) is 0. The second-order valence-corrected chi connectivity index (χ2v) is 4.32. The number of unbranched alkanes of at least 4 members (excludes halogenated alkanes) is 2. The van der Waals surface area contributed by atoms with Crippen LogP contribution in [-0.2, 0) is 29.7 Å². The molecule has 0 aliphatic rings. The molecule has 13 heavy (non-hydrogen) atoms. The third-order valence-electron chi connectivity index (χ3n) is 1.32. The Morgan fingerprint density at radius 1 is 0.846 bits per heavy atom. The Morgan fingerprint density at radius 3 is 1.54 bits per heavy atom. The van der Waals surface area contributed by atoms with Gasteiger partial charge in [0.05, 0.1) is 0 Å². The van der Waals surface area contributed by atoms with Crippen LogP contribution in [0.5, 0.6) is 0 Å². The molecule has 0 fully saturated rings. The van der Waals surface area contributed by atoms with Crippen molar-refractivity contribution in [2.24, 2.45) is 0 Å². The van der Waals surface area contributed by atoms with E-state index in [0.717, 1.165) is 13.2 Å². The Morgan fingerprint density at radius 2 is 1.23 bits per heavy atom. The number of halogens is 2. The van der Waals surface area contributed by atoms with Crippen LogP contribution in [0.15, 0.2) is 0 Å². The molecule has 0 unspecified atom stereocenters. The molecule has 5 heteroatoms. The van der Waals surface area contributed by atoms with Gasteiger partial charge < -0.3 is 0 Å². The molecule has 0 aromatic carbocycles. The third kappa shape index (κ3) is 20.0. The average molecular weight is 399 g/mol. The fourth-order valence-corrected chi connectivity index (χ4v) is 1.88. The summed E-state index contributed by atoms with van der Waals surface area (Å²) >= 11 is -0.876. The van der Waals surface area contributed by atoms with E-state index in [1.807, 2.05) is 0 Å². The predicted molar refractivity (Wildman–Crippen MR) is 62.4 cm³/mol. The Balaban J connectivity index is -0.000000500. The SMILES string of the molecule is Br.Br.CCCC[O][Zr][O]CCCC. The van der Waals surface area contributed by atoms with E-state index in [2.05, 4.69) is 13.8 Å². The van der Waals surface area contributed by atoms with Gasteiger partial charge in [-0.05, 0) is 0 Å². The van der Waals surface area contributed by atoms with Gasteiger partial charge in [0.1, 0.15) is 0 Å². The predicted octanol–water partition coefficient (Wildman–Crippen LogP) is 3.69. The number of hydrogen-bond acceptors (Lipinski definition) is 2. The van der Waals surface area contributed by atoms with Crippen LogP contribution in [0.4, 0.5) is 0 Å². The summed E-state index contributed by atoms with van der Waals surface area (Å²) in [5.74, 6) is 0. The maximum atomic E-state index is 5.37. The molecule has 82 valence electrons. The van der Waals surface area contributed by atoms with Gasteiger partial charge >= 0.3 is 82.5 Å². The van der Waals surface area contributed by atoms with E-state index in [1.165, 1.54) is 25.7 Å². The molecule has 0 aliphatic heterocycles. The van der Waals surface area contributed by atoms with Gasteiger partial charge in [0.25, 0.3) is 0 Å². The van der Waals surface area contributed by atoms with Crippen molar-refractivity contribution in [1.82, 2.24) is 0 Å². The van der Waals surface area contributed by atoms with Crippen molar-refractivity contribution in [2.45, 2.75) is 39.5 Å². The molecule has 0 saturated heterocycles. The fraction of sp³-hybridized carbons (Fsp3) is 1.00. The average Bonchev–Trinajstić information content (AvgIpc) is 2.03. The first-order chi connectivity index (χ1) is 5.41. The molecule has 0 aromatic heterocycles. The molecule has 0 bridgehead atoms. The molecule has 0 aromatic rings. The first-order valence-electron chi connectivity index (χ1n) is 4.40. The van der Waals surface area contributed by atoms with Crippen LogP contribution in [0.3, 0.4) is 0 Å². The minimum atomic E-state index is -0.876. The molecular weight excluding hydrogens is 379 g/mol. The zero-order valence-electron chi connectivity index (χ0n) is 8.38. The van der Waals surface area contributed by atoms with Gasteiger partial charge in [-0.3, -0.25) is 0 Å². The Bertz CT molecular complexity index is 69.2. The van der Waals surface area contributed by atoms with Crippen molar-refractivity contribution >= 4 is 34.0 Å². The van der Waals surface area contributed by atoms with Crippen molar-refractivity contribution in [2.75, 3.05) is 13.2 Å². The van der Waals surface area contributed by atoms with Crippen molar-refractivity contribution in [3.8, 4) is 0 Å². The monoisotopic (exact) mass is 396 g/mol. The van der Waals surface area contributed by atoms with E-state index in [0.29, 0.717) is 0 Å². The summed E-state index contributed by atoms with van der Waals surface area (Å²) in [5.41, 5.74) is 0. The van der Waals surface area contributed by atoms with Crippen LogP contribution < -0.4 is 0 Å². The first kappa shape index (κ1) is 20.2. The van der Waals surface area contributed by atoms with Crippen LogP contribution in [0.25, 0.3) is 0 Å². The van der Waals surface area contributed by atoms with Gasteiger partial charge in [-0.15, -0.1) is 34.0 Å². The van der Waals surface area contributed by atoms with Gasteiger partial charge in [0, 0.05) is 0 Å². The van der Waals surface area contributed by atoms with Gasteiger partial charge in [-0.25, -0.2) is 0 Å². The second kappa shape index (κ2) is 19.4. The zero-order chi connectivity index (χ0) is 8.36. The van der Waals surface area contributed by atoms with Crippen LogP contribution >= 0.6 is 34.0 Å². The Kier molecular flexibility index (Phi) is 30.1. The molecule has 0 atom stereocenters. The quantitative estimate of drug-likeness (QED) is 0.580. The zero-order valence-corrected chi connectivity index (χ0v) is 14.3. The van der Waals surface area contributed by atoms with E-state index in [-0.39, 0.29) is 34.0 Å². The van der Waals surface area contributed by atoms with E-state index in [4.69, 9.17) is 5.63 Å². The number of rotatable bonds is 8. The molecule has 0 amide bonds. The van der Waals surface area contributed by atoms with Gasteiger partial charge in [-0.2, -0.15) is 0 Å². The summed E-state index contributed by atoms with van der Waals surface area (Å²) in [6.07, 6.45) is 4.79. The summed E-state index contributed by atoms with van der Waals surface area (Å²) in [7, 11) is 0. The standard InChI is InChI=1S/2C4H9O.2BrH.Zr/c2*1-2-3-4-5;;;/h2*2-4H2,1H3;2*1H;/q2*-1;;;+2. The van der Waals surface area contributed by atoms with Crippen molar-refractivity contribution < 1.29 is 29.7 Å². The molecular formula is C8H20Br2O2Zr. The molecule has 0 saturated carbocycles. The van der Waals surface area contributed by atoms with Gasteiger partial charge in [0.15, 0.2) is 0 Å². The second-order valence-electron chi connectivity index (χ2n) is 2.49. The van der Waals surface area contributed by atoms with E-state index >= 15 is 0 Å². The molecule has 2 nitrogen and oxygen atoms in total. The van der Waals surface area contributed by atoms with Crippen molar-refractivity contribution in [3.63, 3.8) is 0 Å². The Labute approximate surface area is 115 Å². The molecule has 0 heterocycles. The maximum absolute atomic E-state index is 5.37. The summed E-state index contributed by atoms with van der Waals surface area (Å²) < 4.78 is 10.7. The van der Waals surface area contributed by atoms with Crippen LogP contribution in [0.2, 0.25) is 0 Å². The van der Waals surface area contributed by atoms with Crippen LogP contribution in [0.1, 0.15) is 39.5 Å². The molecule has 0 aliphatic carbocycles.